The third kappa shape index (κ3) is 3.31. The number of aromatic hydroxyl groups is 1. The van der Waals surface area contributed by atoms with Gasteiger partial charge in [-0.05, 0) is 24.3 Å². The maximum Gasteiger partial charge on any atom is 0.258 e. The van der Waals surface area contributed by atoms with Crippen LogP contribution in [0.2, 0.25) is 0 Å². The molecule has 0 fully saturated rings. The van der Waals surface area contributed by atoms with Crippen molar-refractivity contribution >= 4 is 35.3 Å². The lowest BCUT2D eigenvalue weighted by atomic mass is 10.1. The normalized spacial score (nSPS) is 10.3. The number of hydrogen-bond acceptors (Lipinski definition) is 6. The number of rotatable bonds is 3. The molecule has 1 amide bonds. The van der Waals surface area contributed by atoms with Crippen LogP contribution in [-0.4, -0.2) is 36.2 Å². The molecule has 130 valence electrons. The third-order valence-electron chi connectivity index (χ3n) is 3.57. The molecule has 3 N–H and O–H groups in total. The molecule has 0 saturated carbocycles. The van der Waals surface area contributed by atoms with E-state index in [1.165, 1.54) is 6.20 Å². The van der Waals surface area contributed by atoms with E-state index in [0.29, 0.717) is 33.8 Å². The molecule has 4 rings (SSSR count). The first-order chi connectivity index (χ1) is 12.2. The summed E-state index contributed by atoms with van der Waals surface area (Å²) in [7, 11) is 0. The molecule has 0 bridgehead atoms. The molecular weight excluding hydrogens is 356 g/mol. The van der Waals surface area contributed by atoms with Crippen molar-refractivity contribution in [3.8, 4) is 17.0 Å². The van der Waals surface area contributed by atoms with Crippen molar-refractivity contribution in [2.24, 2.45) is 0 Å². The second kappa shape index (κ2) is 7.16. The van der Waals surface area contributed by atoms with Gasteiger partial charge in [0.1, 0.15) is 5.75 Å². The molecule has 0 spiro atoms. The fourth-order valence-corrected chi connectivity index (χ4v) is 2.37. The largest absolute Gasteiger partial charge is 0.508 e. The fraction of sp³-hybridized carbons (Fsp3) is 0. The van der Waals surface area contributed by atoms with Crippen molar-refractivity contribution in [1.82, 2.24) is 25.1 Å². The molecule has 0 saturated heterocycles. The number of carbonyl (C=O) groups is 1. The van der Waals surface area contributed by atoms with Crippen LogP contribution in [0.3, 0.4) is 0 Å². The van der Waals surface area contributed by atoms with Crippen molar-refractivity contribution in [3.05, 3.63) is 60.6 Å². The Morgan fingerprint density at radius 2 is 2.04 bits per heavy atom. The standard InChI is InChI=1S/C17H12N6O2.ClH/c24-12-5-1-3-10(7-12)13-9-19-15-14(20-13)16(23-22-15)21-17(25)11-4-2-6-18-8-11;/h1-9,24H,(H2,19,21,22,23,25);1H. The number of phenols is 1. The number of pyridine rings is 1. The van der Waals surface area contributed by atoms with Crippen LogP contribution in [0.5, 0.6) is 5.75 Å². The van der Waals surface area contributed by atoms with Crippen LogP contribution < -0.4 is 5.32 Å². The van der Waals surface area contributed by atoms with Gasteiger partial charge in [0, 0.05) is 18.0 Å². The van der Waals surface area contributed by atoms with E-state index in [1.807, 2.05) is 6.07 Å². The Balaban J connectivity index is 0.00000196. The van der Waals surface area contributed by atoms with Gasteiger partial charge in [-0.2, -0.15) is 5.10 Å². The maximum atomic E-state index is 12.3. The van der Waals surface area contributed by atoms with Crippen LogP contribution in [0.1, 0.15) is 10.4 Å². The van der Waals surface area contributed by atoms with Gasteiger partial charge in [-0.25, -0.2) is 9.97 Å². The van der Waals surface area contributed by atoms with Gasteiger partial charge in [0.25, 0.3) is 5.91 Å². The number of H-pyrrole nitrogens is 1. The molecule has 0 radical (unpaired) electrons. The van der Waals surface area contributed by atoms with Crippen molar-refractivity contribution in [3.63, 3.8) is 0 Å². The first-order valence-corrected chi connectivity index (χ1v) is 7.42. The van der Waals surface area contributed by atoms with Gasteiger partial charge in [-0.1, -0.05) is 12.1 Å². The molecule has 1 aromatic carbocycles. The summed E-state index contributed by atoms with van der Waals surface area (Å²) in [5.41, 5.74) is 2.49. The SMILES string of the molecule is Cl.O=C(Nc1[nH]nc2ncc(-c3cccc(O)c3)nc12)c1cccnc1. The molecule has 9 heteroatoms. The number of aromatic nitrogens is 5. The lowest BCUT2D eigenvalue weighted by Gasteiger charge is -2.04. The van der Waals surface area contributed by atoms with Gasteiger partial charge >= 0.3 is 0 Å². The first-order valence-electron chi connectivity index (χ1n) is 7.42. The summed E-state index contributed by atoms with van der Waals surface area (Å²) in [4.78, 5) is 24.9. The van der Waals surface area contributed by atoms with Crippen LogP contribution in [-0.2, 0) is 0 Å². The monoisotopic (exact) mass is 368 g/mol. The van der Waals surface area contributed by atoms with E-state index in [1.54, 1.807) is 42.7 Å². The number of benzene rings is 1. The number of aromatic amines is 1. The van der Waals surface area contributed by atoms with Crippen molar-refractivity contribution in [1.29, 1.82) is 0 Å². The summed E-state index contributed by atoms with van der Waals surface area (Å²) in [6.45, 7) is 0. The number of fused-ring (bicyclic) bond motifs is 1. The molecule has 0 aliphatic carbocycles. The molecule has 3 heterocycles. The van der Waals surface area contributed by atoms with Gasteiger partial charge < -0.3 is 10.4 Å². The van der Waals surface area contributed by atoms with Crippen LogP contribution in [0, 0.1) is 0 Å². The minimum absolute atomic E-state index is 0. The average molecular weight is 369 g/mol. The summed E-state index contributed by atoms with van der Waals surface area (Å²) in [5.74, 6) is 0.151. The Labute approximate surface area is 153 Å². The highest BCUT2D eigenvalue weighted by Gasteiger charge is 2.14. The van der Waals surface area contributed by atoms with Gasteiger partial charge in [0.2, 0.25) is 5.65 Å². The number of nitrogens with zero attached hydrogens (tertiary/aromatic N) is 4. The second-order valence-electron chi connectivity index (χ2n) is 5.27. The third-order valence-corrected chi connectivity index (χ3v) is 3.57. The zero-order chi connectivity index (χ0) is 17.2. The van der Waals surface area contributed by atoms with Crippen molar-refractivity contribution in [2.75, 3.05) is 5.32 Å². The first kappa shape index (κ1) is 17.3. The summed E-state index contributed by atoms with van der Waals surface area (Å²) < 4.78 is 0. The quantitative estimate of drug-likeness (QED) is 0.512. The predicted octanol–water partition coefficient (Wildman–Crippen LogP) is 2.79. The number of anilines is 1. The molecule has 0 aliphatic rings. The second-order valence-corrected chi connectivity index (χ2v) is 5.27. The van der Waals surface area contributed by atoms with E-state index >= 15 is 0 Å². The van der Waals surface area contributed by atoms with Crippen LogP contribution in [0.4, 0.5) is 5.82 Å². The summed E-state index contributed by atoms with van der Waals surface area (Å²) >= 11 is 0. The number of halogens is 1. The summed E-state index contributed by atoms with van der Waals surface area (Å²) in [6, 6.07) is 10.0. The fourth-order valence-electron chi connectivity index (χ4n) is 2.37. The molecule has 26 heavy (non-hydrogen) atoms. The van der Waals surface area contributed by atoms with E-state index in [0.717, 1.165) is 0 Å². The van der Waals surface area contributed by atoms with Crippen LogP contribution in [0.25, 0.3) is 22.4 Å². The van der Waals surface area contributed by atoms with E-state index < -0.39 is 0 Å². The summed E-state index contributed by atoms with van der Waals surface area (Å²) in [5, 5.41) is 19.1. The van der Waals surface area contributed by atoms with Gasteiger partial charge in [0.05, 0.1) is 17.5 Å². The van der Waals surface area contributed by atoms with Crippen LogP contribution in [0.15, 0.2) is 55.0 Å². The smallest absolute Gasteiger partial charge is 0.258 e. The highest BCUT2D eigenvalue weighted by molar-refractivity contribution is 6.06. The molecule has 0 atom stereocenters. The number of phenolic OH excluding ortho intramolecular Hbond substituents is 1. The molecule has 0 unspecified atom stereocenters. The summed E-state index contributed by atoms with van der Waals surface area (Å²) in [6.07, 6.45) is 4.62. The minimum Gasteiger partial charge on any atom is -0.508 e. The zero-order valence-corrected chi connectivity index (χ0v) is 14.1. The Morgan fingerprint density at radius 1 is 1.15 bits per heavy atom. The van der Waals surface area contributed by atoms with Gasteiger partial charge in [-0.15, -0.1) is 12.4 Å². The molecule has 8 nitrogen and oxygen atoms in total. The molecule has 3 aromatic heterocycles. The minimum atomic E-state index is -0.330. The zero-order valence-electron chi connectivity index (χ0n) is 13.2. The molecule has 0 aliphatic heterocycles. The molecular formula is C17H13ClN6O2. The lowest BCUT2D eigenvalue weighted by molar-refractivity contribution is 0.102. The lowest BCUT2D eigenvalue weighted by Crippen LogP contribution is -2.12. The van der Waals surface area contributed by atoms with Gasteiger partial charge in [-0.3, -0.25) is 14.9 Å². The number of nitrogens with one attached hydrogen (secondary N) is 2. The number of hydrogen-bond donors (Lipinski definition) is 3. The highest BCUT2D eigenvalue weighted by Crippen LogP contribution is 2.24. The maximum absolute atomic E-state index is 12.3. The Bertz CT molecular complexity index is 1070. The average Bonchev–Trinajstić information content (AvgIpc) is 3.04. The topological polar surface area (TPSA) is 117 Å². The predicted molar refractivity (Wildman–Crippen MR) is 98.2 cm³/mol. The Kier molecular flexibility index (Phi) is 4.76. The van der Waals surface area contributed by atoms with E-state index in [2.05, 4.69) is 30.5 Å². The van der Waals surface area contributed by atoms with Crippen molar-refractivity contribution < 1.29 is 9.90 Å². The van der Waals surface area contributed by atoms with E-state index in [9.17, 15) is 9.90 Å². The Morgan fingerprint density at radius 3 is 2.81 bits per heavy atom. The van der Waals surface area contributed by atoms with Gasteiger partial charge in [0.15, 0.2) is 11.3 Å². The van der Waals surface area contributed by atoms with Crippen LogP contribution >= 0.6 is 12.4 Å². The Hall–Kier alpha value is -3.52. The number of carbonyl (C=O) groups excluding carboxylic acids is 1. The van der Waals surface area contributed by atoms with Crippen molar-refractivity contribution in [2.45, 2.75) is 0 Å². The van der Waals surface area contributed by atoms with E-state index in [-0.39, 0.29) is 24.1 Å². The molecule has 4 aromatic rings. The van der Waals surface area contributed by atoms with E-state index in [4.69, 9.17) is 0 Å². The number of amides is 1. The highest BCUT2D eigenvalue weighted by atomic mass is 35.5.